The van der Waals surface area contributed by atoms with Gasteiger partial charge in [0, 0.05) is 5.92 Å². The summed E-state index contributed by atoms with van der Waals surface area (Å²) in [6.07, 6.45) is 10.4. The zero-order chi connectivity index (χ0) is 14.5. The molecule has 0 aromatic carbocycles. The summed E-state index contributed by atoms with van der Waals surface area (Å²) in [5.41, 5.74) is 0. The van der Waals surface area contributed by atoms with Crippen LogP contribution in [-0.2, 0) is 0 Å². The normalized spacial score (nSPS) is 35.2. The van der Waals surface area contributed by atoms with Gasteiger partial charge in [0.2, 0.25) is 0 Å². The van der Waals surface area contributed by atoms with Crippen molar-refractivity contribution < 1.29 is 13.2 Å². The van der Waals surface area contributed by atoms with Crippen LogP contribution in [0.25, 0.3) is 0 Å². The van der Waals surface area contributed by atoms with Crippen molar-refractivity contribution in [3.63, 3.8) is 0 Å². The summed E-state index contributed by atoms with van der Waals surface area (Å²) in [4.78, 5) is 0. The molecule has 20 heavy (non-hydrogen) atoms. The van der Waals surface area contributed by atoms with Gasteiger partial charge in [-0.25, -0.2) is 4.39 Å². The summed E-state index contributed by atoms with van der Waals surface area (Å²) in [5.74, 6) is 0.428. The molecule has 0 aromatic heterocycles. The third-order valence-corrected chi connectivity index (χ3v) is 5.26. The molecule has 2 rings (SSSR count). The summed E-state index contributed by atoms with van der Waals surface area (Å²) in [6.45, 7) is 2.07. The molecule has 0 saturated heterocycles. The largest absolute Gasteiger partial charge is 0.301 e. The highest BCUT2D eigenvalue weighted by molar-refractivity contribution is 5.00. The van der Waals surface area contributed by atoms with Crippen LogP contribution in [0, 0.1) is 23.7 Å². The van der Waals surface area contributed by atoms with E-state index in [-0.39, 0.29) is 0 Å². The monoisotopic (exact) mass is 286 g/mol. The highest BCUT2D eigenvalue weighted by Crippen LogP contribution is 2.43. The van der Waals surface area contributed by atoms with Crippen molar-refractivity contribution in [3.05, 3.63) is 24.1 Å². The molecule has 0 amide bonds. The molecule has 0 unspecified atom stereocenters. The van der Waals surface area contributed by atoms with Crippen molar-refractivity contribution in [2.75, 3.05) is 0 Å². The lowest BCUT2D eigenvalue weighted by Crippen LogP contribution is -2.25. The van der Waals surface area contributed by atoms with Gasteiger partial charge in [0.25, 0.3) is 0 Å². The molecule has 0 atom stereocenters. The molecule has 2 aliphatic carbocycles. The van der Waals surface area contributed by atoms with E-state index >= 15 is 0 Å². The van der Waals surface area contributed by atoms with E-state index in [9.17, 15) is 13.2 Å². The van der Waals surface area contributed by atoms with Crippen LogP contribution >= 0.6 is 0 Å². The fraction of sp³-hybridized carbons (Fsp3) is 0.765. The van der Waals surface area contributed by atoms with Crippen molar-refractivity contribution in [2.24, 2.45) is 23.7 Å². The number of hydrogen-bond acceptors (Lipinski definition) is 0. The Kier molecular flexibility index (Phi) is 5.74. The van der Waals surface area contributed by atoms with Crippen LogP contribution in [0.5, 0.6) is 0 Å². The molecule has 0 aliphatic heterocycles. The van der Waals surface area contributed by atoms with Gasteiger partial charge in [0.1, 0.15) is 0 Å². The zero-order valence-electron chi connectivity index (χ0n) is 12.3. The molecule has 114 valence electrons. The van der Waals surface area contributed by atoms with Gasteiger partial charge in [-0.1, -0.05) is 12.2 Å². The Bertz CT molecular complexity index is 352. The lowest BCUT2D eigenvalue weighted by Gasteiger charge is -2.37. The molecule has 3 heteroatoms. The van der Waals surface area contributed by atoms with Gasteiger partial charge in [-0.2, -0.15) is 8.78 Å². The molecular weight excluding hydrogens is 261 g/mol. The van der Waals surface area contributed by atoms with E-state index in [4.69, 9.17) is 0 Å². The Morgan fingerprint density at radius 2 is 1.30 bits per heavy atom. The van der Waals surface area contributed by atoms with Crippen LogP contribution < -0.4 is 0 Å². The van der Waals surface area contributed by atoms with Crippen molar-refractivity contribution in [1.29, 1.82) is 0 Å². The molecule has 2 fully saturated rings. The third-order valence-electron chi connectivity index (χ3n) is 5.26. The lowest BCUT2D eigenvalue weighted by molar-refractivity contribution is 0.154. The van der Waals surface area contributed by atoms with Crippen molar-refractivity contribution >= 4 is 0 Å². The SMILES string of the molecule is C/C=C/C1CCC(C2CCC(C(F)=C(F)F)CC2)CC1. The maximum absolute atomic E-state index is 13.2. The summed E-state index contributed by atoms with van der Waals surface area (Å²) >= 11 is 0. The minimum atomic E-state index is -2.11. The molecule has 2 aliphatic rings. The molecule has 0 N–H and O–H groups in total. The van der Waals surface area contributed by atoms with Crippen LogP contribution in [0.2, 0.25) is 0 Å². The van der Waals surface area contributed by atoms with E-state index in [1.54, 1.807) is 0 Å². The van der Waals surface area contributed by atoms with Gasteiger partial charge >= 0.3 is 6.08 Å². The van der Waals surface area contributed by atoms with Crippen LogP contribution in [0.3, 0.4) is 0 Å². The first-order chi connectivity index (χ1) is 9.61. The van der Waals surface area contributed by atoms with E-state index in [0.29, 0.717) is 18.8 Å². The average Bonchev–Trinajstić information content (AvgIpc) is 2.48. The maximum atomic E-state index is 13.2. The Balaban J connectivity index is 1.79. The fourth-order valence-electron chi connectivity index (χ4n) is 4.08. The van der Waals surface area contributed by atoms with Crippen molar-refractivity contribution in [3.8, 4) is 0 Å². The molecule has 0 bridgehead atoms. The Hall–Kier alpha value is -0.730. The first-order valence-electron chi connectivity index (χ1n) is 7.95. The standard InChI is InChI=1S/C17H25F3/c1-2-3-12-4-6-13(7-5-12)14-8-10-15(11-9-14)16(18)17(19)20/h2-3,12-15H,4-11H2,1H3/b3-2+. The first kappa shape index (κ1) is 15.7. The van der Waals surface area contributed by atoms with Gasteiger partial charge in [-0.3, -0.25) is 0 Å². The van der Waals surface area contributed by atoms with Gasteiger partial charge in [-0.05, 0) is 76.0 Å². The van der Waals surface area contributed by atoms with Crippen LogP contribution in [0.1, 0.15) is 58.3 Å². The van der Waals surface area contributed by atoms with Gasteiger partial charge in [0.05, 0.1) is 0 Å². The predicted octanol–water partition coefficient (Wildman–Crippen LogP) is 6.25. The third kappa shape index (κ3) is 3.89. The molecule has 0 aromatic rings. The highest BCUT2D eigenvalue weighted by atomic mass is 19.3. The van der Waals surface area contributed by atoms with Gasteiger partial charge in [0.15, 0.2) is 5.83 Å². The Morgan fingerprint density at radius 1 is 0.800 bits per heavy atom. The summed E-state index contributed by atoms with van der Waals surface area (Å²) < 4.78 is 37.8. The number of hydrogen-bond donors (Lipinski definition) is 0. The van der Waals surface area contributed by atoms with E-state index in [0.717, 1.165) is 24.7 Å². The second kappa shape index (κ2) is 7.33. The van der Waals surface area contributed by atoms with Crippen LogP contribution in [0.15, 0.2) is 24.1 Å². The highest BCUT2D eigenvalue weighted by Gasteiger charge is 2.32. The maximum Gasteiger partial charge on any atom is 0.301 e. The van der Waals surface area contributed by atoms with E-state index in [1.165, 1.54) is 25.7 Å². The quantitative estimate of drug-likeness (QED) is 0.538. The van der Waals surface area contributed by atoms with Crippen molar-refractivity contribution in [1.82, 2.24) is 0 Å². The summed E-state index contributed by atoms with van der Waals surface area (Å²) in [7, 11) is 0. The van der Waals surface area contributed by atoms with Crippen molar-refractivity contribution in [2.45, 2.75) is 58.3 Å². The Morgan fingerprint density at radius 3 is 1.75 bits per heavy atom. The number of rotatable bonds is 3. The number of halogens is 3. The lowest BCUT2D eigenvalue weighted by atomic mass is 9.69. The fourth-order valence-corrected chi connectivity index (χ4v) is 4.08. The summed E-state index contributed by atoms with van der Waals surface area (Å²) in [6, 6.07) is 0. The van der Waals surface area contributed by atoms with Crippen LogP contribution in [-0.4, -0.2) is 0 Å². The topological polar surface area (TPSA) is 0 Å². The second-order valence-corrected chi connectivity index (χ2v) is 6.42. The van der Waals surface area contributed by atoms with Gasteiger partial charge < -0.3 is 0 Å². The zero-order valence-corrected chi connectivity index (χ0v) is 12.3. The molecule has 0 radical (unpaired) electrons. The Labute approximate surface area is 120 Å². The molecule has 2 saturated carbocycles. The smallest absolute Gasteiger partial charge is 0.206 e. The minimum Gasteiger partial charge on any atom is -0.206 e. The first-order valence-corrected chi connectivity index (χ1v) is 7.95. The summed E-state index contributed by atoms with van der Waals surface area (Å²) in [5, 5.41) is 0. The minimum absolute atomic E-state index is 0.518. The van der Waals surface area contributed by atoms with Gasteiger partial charge in [-0.15, -0.1) is 0 Å². The second-order valence-electron chi connectivity index (χ2n) is 6.42. The molecular formula is C17H25F3. The van der Waals surface area contributed by atoms with E-state index < -0.39 is 17.8 Å². The molecule has 0 spiro atoms. The van der Waals surface area contributed by atoms with E-state index in [1.807, 2.05) is 0 Å². The van der Waals surface area contributed by atoms with Crippen LogP contribution in [0.4, 0.5) is 13.2 Å². The predicted molar refractivity (Wildman–Crippen MR) is 76.1 cm³/mol. The molecule has 0 nitrogen and oxygen atoms in total. The van der Waals surface area contributed by atoms with E-state index in [2.05, 4.69) is 19.1 Å². The average molecular weight is 286 g/mol. The number of allylic oxidation sites excluding steroid dienone is 3. The molecule has 0 heterocycles.